The van der Waals surface area contributed by atoms with Gasteiger partial charge in [0.1, 0.15) is 5.75 Å². The lowest BCUT2D eigenvalue weighted by Gasteiger charge is -2.10. The minimum atomic E-state index is -0.297. The van der Waals surface area contributed by atoms with Gasteiger partial charge in [0.15, 0.2) is 0 Å². The van der Waals surface area contributed by atoms with Gasteiger partial charge in [-0.1, -0.05) is 15.9 Å². The molecule has 0 saturated heterocycles. The first-order chi connectivity index (χ1) is 10.1. The SMILES string of the molecule is O=C(NCc1cc(Br)cc2c1OCC2)c1cc[nH]c(=O)c1. The Kier molecular flexibility index (Phi) is 3.79. The van der Waals surface area contributed by atoms with Crippen LogP contribution in [0.3, 0.4) is 0 Å². The average Bonchev–Trinajstić information content (AvgIpc) is 2.92. The van der Waals surface area contributed by atoms with Crippen LogP contribution >= 0.6 is 15.9 Å². The van der Waals surface area contributed by atoms with E-state index in [1.807, 2.05) is 12.1 Å². The Bertz CT molecular complexity index is 755. The predicted octanol–water partition coefficient (Wildman–Crippen LogP) is 2.00. The van der Waals surface area contributed by atoms with E-state index in [1.54, 1.807) is 6.07 Å². The summed E-state index contributed by atoms with van der Waals surface area (Å²) in [4.78, 5) is 25.7. The molecule has 0 aliphatic carbocycles. The number of aromatic amines is 1. The fourth-order valence-corrected chi connectivity index (χ4v) is 2.89. The smallest absolute Gasteiger partial charge is 0.251 e. The fourth-order valence-electron chi connectivity index (χ4n) is 2.34. The number of hydrogen-bond acceptors (Lipinski definition) is 3. The van der Waals surface area contributed by atoms with Gasteiger partial charge in [0.05, 0.1) is 6.61 Å². The number of hydrogen-bond donors (Lipinski definition) is 2. The van der Waals surface area contributed by atoms with Gasteiger partial charge in [-0.2, -0.15) is 0 Å². The van der Waals surface area contributed by atoms with Gasteiger partial charge in [-0.05, 0) is 23.8 Å². The standard InChI is InChI=1S/C15H13BrN2O3/c16-12-5-9-2-4-21-14(9)11(6-12)8-18-15(20)10-1-3-17-13(19)7-10/h1,3,5-7H,2,4,8H2,(H,17,19)(H,18,20). The van der Waals surface area contributed by atoms with Gasteiger partial charge in [0.25, 0.3) is 5.91 Å². The monoisotopic (exact) mass is 348 g/mol. The number of fused-ring (bicyclic) bond motifs is 1. The second kappa shape index (κ2) is 5.73. The second-order valence-electron chi connectivity index (χ2n) is 4.78. The topological polar surface area (TPSA) is 71.2 Å². The highest BCUT2D eigenvalue weighted by molar-refractivity contribution is 9.10. The maximum Gasteiger partial charge on any atom is 0.251 e. The number of aromatic nitrogens is 1. The third kappa shape index (κ3) is 3.00. The van der Waals surface area contributed by atoms with Crippen LogP contribution in [-0.2, 0) is 13.0 Å². The van der Waals surface area contributed by atoms with Crippen molar-refractivity contribution in [2.45, 2.75) is 13.0 Å². The van der Waals surface area contributed by atoms with Crippen LogP contribution in [0.1, 0.15) is 21.5 Å². The van der Waals surface area contributed by atoms with Crippen molar-refractivity contribution >= 4 is 21.8 Å². The predicted molar refractivity (Wildman–Crippen MR) is 81.6 cm³/mol. The Hall–Kier alpha value is -2.08. The van der Waals surface area contributed by atoms with Crippen molar-refractivity contribution < 1.29 is 9.53 Å². The Morgan fingerprint density at radius 2 is 2.24 bits per heavy atom. The van der Waals surface area contributed by atoms with E-state index in [-0.39, 0.29) is 11.5 Å². The van der Waals surface area contributed by atoms with E-state index in [9.17, 15) is 9.59 Å². The number of H-pyrrole nitrogens is 1. The summed E-state index contributed by atoms with van der Waals surface area (Å²) in [5, 5.41) is 2.81. The summed E-state index contributed by atoms with van der Waals surface area (Å²) in [5.41, 5.74) is 2.11. The molecular weight excluding hydrogens is 336 g/mol. The summed E-state index contributed by atoms with van der Waals surface area (Å²) < 4.78 is 6.58. The first-order valence-electron chi connectivity index (χ1n) is 6.54. The minimum absolute atomic E-state index is 0.284. The summed E-state index contributed by atoms with van der Waals surface area (Å²) >= 11 is 3.46. The van der Waals surface area contributed by atoms with Crippen LogP contribution in [0.4, 0.5) is 0 Å². The van der Waals surface area contributed by atoms with Crippen molar-refractivity contribution in [2.75, 3.05) is 6.61 Å². The van der Waals surface area contributed by atoms with Crippen molar-refractivity contribution in [3.05, 3.63) is 62.0 Å². The summed E-state index contributed by atoms with van der Waals surface area (Å²) in [5.74, 6) is 0.567. The highest BCUT2D eigenvalue weighted by Gasteiger charge is 2.18. The third-order valence-corrected chi connectivity index (χ3v) is 3.76. The molecule has 0 atom stereocenters. The molecule has 6 heteroatoms. The first kappa shape index (κ1) is 13.9. The zero-order valence-electron chi connectivity index (χ0n) is 11.1. The van der Waals surface area contributed by atoms with Gasteiger partial charge in [-0.25, -0.2) is 0 Å². The molecule has 1 aliphatic heterocycles. The van der Waals surface area contributed by atoms with Gasteiger partial charge >= 0.3 is 0 Å². The largest absolute Gasteiger partial charge is 0.493 e. The minimum Gasteiger partial charge on any atom is -0.493 e. The average molecular weight is 349 g/mol. The molecule has 1 aromatic carbocycles. The van der Waals surface area contributed by atoms with Crippen molar-refractivity contribution in [2.24, 2.45) is 0 Å². The van der Waals surface area contributed by atoms with Crippen LogP contribution in [0.2, 0.25) is 0 Å². The summed E-state index contributed by atoms with van der Waals surface area (Å²) in [6.07, 6.45) is 2.33. The highest BCUT2D eigenvalue weighted by atomic mass is 79.9. The maximum absolute atomic E-state index is 12.0. The number of amides is 1. The van der Waals surface area contributed by atoms with E-state index >= 15 is 0 Å². The molecule has 2 heterocycles. The van der Waals surface area contributed by atoms with Gasteiger partial charge in [0, 0.05) is 40.8 Å². The van der Waals surface area contributed by atoms with E-state index in [0.29, 0.717) is 18.7 Å². The zero-order chi connectivity index (χ0) is 14.8. The van der Waals surface area contributed by atoms with E-state index in [2.05, 4.69) is 26.2 Å². The van der Waals surface area contributed by atoms with Gasteiger partial charge in [-0.15, -0.1) is 0 Å². The van der Waals surface area contributed by atoms with E-state index in [0.717, 1.165) is 27.8 Å². The van der Waals surface area contributed by atoms with Crippen LogP contribution in [0.25, 0.3) is 0 Å². The third-order valence-electron chi connectivity index (χ3n) is 3.30. The number of ether oxygens (including phenoxy) is 1. The Morgan fingerprint density at radius 1 is 1.38 bits per heavy atom. The van der Waals surface area contributed by atoms with Gasteiger partial charge in [-0.3, -0.25) is 9.59 Å². The molecule has 1 amide bonds. The molecule has 0 radical (unpaired) electrons. The number of nitrogens with one attached hydrogen (secondary N) is 2. The van der Waals surface area contributed by atoms with Crippen LogP contribution < -0.4 is 15.6 Å². The van der Waals surface area contributed by atoms with Gasteiger partial charge < -0.3 is 15.0 Å². The van der Waals surface area contributed by atoms with E-state index in [4.69, 9.17) is 4.74 Å². The lowest BCUT2D eigenvalue weighted by molar-refractivity contribution is 0.0950. The van der Waals surface area contributed by atoms with Crippen LogP contribution in [0, 0.1) is 0 Å². The van der Waals surface area contributed by atoms with Crippen LogP contribution in [0.5, 0.6) is 5.75 Å². The number of carbonyl (C=O) groups excluding carboxylic acids is 1. The molecule has 0 unspecified atom stereocenters. The van der Waals surface area contributed by atoms with E-state index < -0.39 is 0 Å². The molecule has 0 saturated carbocycles. The van der Waals surface area contributed by atoms with Crippen molar-refractivity contribution in [3.63, 3.8) is 0 Å². The summed E-state index contributed by atoms with van der Waals surface area (Å²) in [7, 11) is 0. The number of rotatable bonds is 3. The fraction of sp³-hybridized carbons (Fsp3) is 0.200. The van der Waals surface area contributed by atoms with E-state index in [1.165, 1.54) is 12.3 Å². The maximum atomic E-state index is 12.0. The number of carbonyl (C=O) groups is 1. The molecule has 2 aromatic rings. The molecule has 5 nitrogen and oxygen atoms in total. The van der Waals surface area contributed by atoms with Crippen LogP contribution in [-0.4, -0.2) is 17.5 Å². The molecule has 0 spiro atoms. The number of pyridine rings is 1. The Balaban J connectivity index is 1.77. The summed E-state index contributed by atoms with van der Waals surface area (Å²) in [6.45, 7) is 1.02. The number of halogens is 1. The molecule has 2 N–H and O–H groups in total. The first-order valence-corrected chi connectivity index (χ1v) is 7.34. The molecule has 21 heavy (non-hydrogen) atoms. The van der Waals surface area contributed by atoms with Gasteiger partial charge in [0.2, 0.25) is 5.56 Å². The summed E-state index contributed by atoms with van der Waals surface area (Å²) in [6, 6.07) is 6.81. The lowest BCUT2D eigenvalue weighted by atomic mass is 10.1. The molecule has 108 valence electrons. The molecule has 0 bridgehead atoms. The molecular formula is C15H13BrN2O3. The Labute approximate surface area is 129 Å². The van der Waals surface area contributed by atoms with Crippen molar-refractivity contribution in [1.29, 1.82) is 0 Å². The van der Waals surface area contributed by atoms with Crippen molar-refractivity contribution in [3.8, 4) is 5.75 Å². The molecule has 0 fully saturated rings. The molecule has 3 rings (SSSR count). The Morgan fingerprint density at radius 3 is 3.05 bits per heavy atom. The zero-order valence-corrected chi connectivity index (χ0v) is 12.7. The highest BCUT2D eigenvalue weighted by Crippen LogP contribution is 2.32. The quantitative estimate of drug-likeness (QED) is 0.891. The molecule has 1 aromatic heterocycles. The normalized spacial score (nSPS) is 12.6. The lowest BCUT2D eigenvalue weighted by Crippen LogP contribution is -2.24. The number of benzene rings is 1. The molecule has 1 aliphatic rings. The van der Waals surface area contributed by atoms with Crippen LogP contribution in [0.15, 0.2) is 39.7 Å². The second-order valence-corrected chi connectivity index (χ2v) is 5.69. The van der Waals surface area contributed by atoms with Crippen molar-refractivity contribution in [1.82, 2.24) is 10.3 Å².